The first kappa shape index (κ1) is 15.9. The zero-order chi connectivity index (χ0) is 16.1. The molecule has 0 N–H and O–H groups in total. The molecule has 2 rings (SSSR count). The molecule has 0 aliphatic rings. The molecule has 0 radical (unpaired) electrons. The third kappa shape index (κ3) is 3.81. The van der Waals surface area contributed by atoms with Gasteiger partial charge in [0.25, 0.3) is 0 Å². The fourth-order valence-corrected chi connectivity index (χ4v) is 2.33. The summed E-state index contributed by atoms with van der Waals surface area (Å²) in [5, 5.41) is 4.26. The summed E-state index contributed by atoms with van der Waals surface area (Å²) in [6, 6.07) is 7.86. The summed E-state index contributed by atoms with van der Waals surface area (Å²) in [5.41, 5.74) is 4.16. The SMILES string of the molecule is Cc1cccc(COC(=O)CCn2nc(C)c(C=O)c2C)c1. The predicted molar refractivity (Wildman–Crippen MR) is 82.7 cm³/mol. The standard InChI is InChI=1S/C17H20N2O3/c1-12-5-4-6-15(9-12)11-22-17(21)7-8-19-14(3)16(10-20)13(2)18-19/h4-6,9-10H,7-8,11H2,1-3H3. The first-order valence-electron chi connectivity index (χ1n) is 7.21. The van der Waals surface area contributed by atoms with Crippen molar-refractivity contribution in [3.8, 4) is 0 Å². The van der Waals surface area contributed by atoms with Gasteiger partial charge in [0.2, 0.25) is 0 Å². The number of carbonyl (C=O) groups excluding carboxylic acids is 2. The number of hydrogen-bond acceptors (Lipinski definition) is 4. The largest absolute Gasteiger partial charge is 0.461 e. The van der Waals surface area contributed by atoms with Crippen LogP contribution < -0.4 is 0 Å². The molecule has 0 saturated carbocycles. The van der Waals surface area contributed by atoms with E-state index < -0.39 is 0 Å². The molecule has 0 amide bonds. The normalized spacial score (nSPS) is 10.5. The molecule has 116 valence electrons. The van der Waals surface area contributed by atoms with Crippen LogP contribution in [0, 0.1) is 20.8 Å². The van der Waals surface area contributed by atoms with Gasteiger partial charge in [-0.3, -0.25) is 14.3 Å². The van der Waals surface area contributed by atoms with Crippen LogP contribution in [0.25, 0.3) is 0 Å². The molecule has 2 aromatic rings. The van der Waals surface area contributed by atoms with E-state index in [4.69, 9.17) is 4.74 Å². The summed E-state index contributed by atoms with van der Waals surface area (Å²) in [6.07, 6.45) is 1.02. The maximum atomic E-state index is 11.8. The maximum absolute atomic E-state index is 11.8. The smallest absolute Gasteiger partial charge is 0.308 e. The van der Waals surface area contributed by atoms with Crippen molar-refractivity contribution in [2.24, 2.45) is 0 Å². The second-order valence-corrected chi connectivity index (χ2v) is 5.33. The first-order chi connectivity index (χ1) is 10.5. The molecule has 1 aromatic carbocycles. The summed E-state index contributed by atoms with van der Waals surface area (Å²) < 4.78 is 6.93. The van der Waals surface area contributed by atoms with Gasteiger partial charge in [0.15, 0.2) is 6.29 Å². The highest BCUT2D eigenvalue weighted by Crippen LogP contribution is 2.11. The Bertz CT molecular complexity index is 689. The fraction of sp³-hybridized carbons (Fsp3) is 0.353. The highest BCUT2D eigenvalue weighted by molar-refractivity contribution is 5.78. The Morgan fingerprint density at radius 2 is 2.09 bits per heavy atom. The van der Waals surface area contributed by atoms with Crippen molar-refractivity contribution >= 4 is 12.3 Å². The summed E-state index contributed by atoms with van der Waals surface area (Å²) in [4.78, 5) is 22.8. The van der Waals surface area contributed by atoms with Gasteiger partial charge in [-0.1, -0.05) is 29.8 Å². The maximum Gasteiger partial charge on any atom is 0.308 e. The second-order valence-electron chi connectivity index (χ2n) is 5.33. The molecule has 0 spiro atoms. The fourth-order valence-electron chi connectivity index (χ4n) is 2.33. The van der Waals surface area contributed by atoms with E-state index in [1.54, 1.807) is 11.6 Å². The van der Waals surface area contributed by atoms with Crippen LogP contribution in [-0.4, -0.2) is 22.0 Å². The lowest BCUT2D eigenvalue weighted by molar-refractivity contribution is -0.145. The van der Waals surface area contributed by atoms with Gasteiger partial charge in [-0.25, -0.2) is 0 Å². The van der Waals surface area contributed by atoms with Crippen molar-refractivity contribution in [3.63, 3.8) is 0 Å². The molecule has 1 aromatic heterocycles. The zero-order valence-electron chi connectivity index (χ0n) is 13.1. The Kier molecular flexibility index (Phi) is 5.09. The van der Waals surface area contributed by atoms with Crippen LogP contribution in [0.15, 0.2) is 24.3 Å². The van der Waals surface area contributed by atoms with Gasteiger partial charge < -0.3 is 4.74 Å². The van der Waals surface area contributed by atoms with Gasteiger partial charge in [0.1, 0.15) is 6.61 Å². The molecule has 1 heterocycles. The molecular formula is C17H20N2O3. The number of aldehydes is 1. The van der Waals surface area contributed by atoms with E-state index in [0.717, 1.165) is 23.1 Å². The monoisotopic (exact) mass is 300 g/mol. The van der Waals surface area contributed by atoms with E-state index in [0.29, 0.717) is 17.8 Å². The molecule has 0 fully saturated rings. The van der Waals surface area contributed by atoms with Gasteiger partial charge in [-0.2, -0.15) is 5.10 Å². The van der Waals surface area contributed by atoms with Crippen LogP contribution in [0.3, 0.4) is 0 Å². The van der Waals surface area contributed by atoms with Crippen LogP contribution in [0.5, 0.6) is 0 Å². The highest BCUT2D eigenvalue weighted by atomic mass is 16.5. The van der Waals surface area contributed by atoms with Crippen molar-refractivity contribution in [1.82, 2.24) is 9.78 Å². The lowest BCUT2D eigenvalue weighted by Crippen LogP contribution is -2.11. The molecule has 0 atom stereocenters. The summed E-state index contributed by atoms with van der Waals surface area (Å²) >= 11 is 0. The molecule has 5 nitrogen and oxygen atoms in total. The third-order valence-electron chi connectivity index (χ3n) is 3.57. The number of carbonyl (C=O) groups is 2. The van der Waals surface area contributed by atoms with Crippen molar-refractivity contribution < 1.29 is 14.3 Å². The number of benzene rings is 1. The average Bonchev–Trinajstić information content (AvgIpc) is 2.77. The molecule has 5 heteroatoms. The minimum Gasteiger partial charge on any atom is -0.461 e. The first-order valence-corrected chi connectivity index (χ1v) is 7.21. The molecule has 22 heavy (non-hydrogen) atoms. The van der Waals surface area contributed by atoms with E-state index in [9.17, 15) is 9.59 Å². The van der Waals surface area contributed by atoms with E-state index in [1.165, 1.54) is 0 Å². The molecule has 0 bridgehead atoms. The Balaban J connectivity index is 1.87. The zero-order valence-corrected chi connectivity index (χ0v) is 13.1. The topological polar surface area (TPSA) is 61.2 Å². The van der Waals surface area contributed by atoms with Crippen LogP contribution in [0.1, 0.15) is 39.3 Å². The minimum absolute atomic E-state index is 0.228. The summed E-state index contributed by atoms with van der Waals surface area (Å²) in [7, 11) is 0. The Labute approximate surface area is 129 Å². The number of hydrogen-bond donors (Lipinski definition) is 0. The van der Waals surface area contributed by atoms with E-state index in [1.807, 2.05) is 38.1 Å². The molecule has 0 unspecified atom stereocenters. The minimum atomic E-state index is -0.276. The third-order valence-corrected chi connectivity index (χ3v) is 3.57. The number of aryl methyl sites for hydroxylation is 3. The van der Waals surface area contributed by atoms with E-state index >= 15 is 0 Å². The van der Waals surface area contributed by atoms with Crippen molar-refractivity contribution in [2.45, 2.75) is 40.3 Å². The Hall–Kier alpha value is -2.43. The number of nitrogens with zero attached hydrogens (tertiary/aromatic N) is 2. The van der Waals surface area contributed by atoms with Crippen molar-refractivity contribution in [2.75, 3.05) is 0 Å². The molecule has 0 saturated heterocycles. The number of ether oxygens (including phenoxy) is 1. The number of aromatic nitrogens is 2. The predicted octanol–water partition coefficient (Wildman–Crippen LogP) is 2.75. The van der Waals surface area contributed by atoms with Gasteiger partial charge in [-0.15, -0.1) is 0 Å². The number of rotatable bonds is 6. The quantitative estimate of drug-likeness (QED) is 0.608. The van der Waals surface area contributed by atoms with Gasteiger partial charge in [0.05, 0.1) is 24.2 Å². The van der Waals surface area contributed by atoms with E-state index in [2.05, 4.69) is 5.10 Å². The lowest BCUT2D eigenvalue weighted by Gasteiger charge is -2.07. The van der Waals surface area contributed by atoms with Crippen molar-refractivity contribution in [1.29, 1.82) is 0 Å². The molecular weight excluding hydrogens is 280 g/mol. The number of esters is 1. The van der Waals surface area contributed by atoms with Crippen LogP contribution >= 0.6 is 0 Å². The van der Waals surface area contributed by atoms with Crippen LogP contribution in [0.4, 0.5) is 0 Å². The lowest BCUT2D eigenvalue weighted by atomic mass is 10.1. The summed E-state index contributed by atoms with van der Waals surface area (Å²) in [6.45, 7) is 6.29. The van der Waals surface area contributed by atoms with Crippen molar-refractivity contribution in [3.05, 3.63) is 52.3 Å². The molecule has 0 aliphatic heterocycles. The Morgan fingerprint density at radius 1 is 1.32 bits per heavy atom. The van der Waals surface area contributed by atoms with Gasteiger partial charge in [0, 0.05) is 5.69 Å². The van der Waals surface area contributed by atoms with Gasteiger partial charge in [-0.05, 0) is 26.3 Å². The van der Waals surface area contributed by atoms with E-state index in [-0.39, 0.29) is 19.0 Å². The second kappa shape index (κ2) is 7.02. The molecule has 0 aliphatic carbocycles. The highest BCUT2D eigenvalue weighted by Gasteiger charge is 2.12. The van der Waals surface area contributed by atoms with Crippen LogP contribution in [-0.2, 0) is 22.7 Å². The van der Waals surface area contributed by atoms with Crippen LogP contribution in [0.2, 0.25) is 0 Å². The average molecular weight is 300 g/mol. The van der Waals surface area contributed by atoms with Gasteiger partial charge >= 0.3 is 5.97 Å². The Morgan fingerprint density at radius 3 is 2.73 bits per heavy atom. The summed E-state index contributed by atoms with van der Waals surface area (Å²) in [5.74, 6) is -0.276.